The van der Waals surface area contributed by atoms with E-state index in [1.165, 1.54) is 25.7 Å². The number of hydrogen-bond acceptors (Lipinski definition) is 4. The van der Waals surface area contributed by atoms with Crippen LogP contribution in [0.3, 0.4) is 0 Å². The maximum Gasteiger partial charge on any atom is 0.248 e. The highest BCUT2D eigenvalue weighted by molar-refractivity contribution is 8.14. The fraction of sp³-hybridized carbons (Fsp3) is 0.429. The summed E-state index contributed by atoms with van der Waals surface area (Å²) < 4.78 is 0. The van der Waals surface area contributed by atoms with Crippen molar-refractivity contribution in [2.24, 2.45) is 10.7 Å². The summed E-state index contributed by atoms with van der Waals surface area (Å²) in [5, 5.41) is 4.25. The van der Waals surface area contributed by atoms with Gasteiger partial charge < -0.3 is 11.1 Å². The van der Waals surface area contributed by atoms with Gasteiger partial charge in [0.1, 0.15) is 0 Å². The molecule has 3 rings (SSSR count). The predicted molar refractivity (Wildman–Crippen MR) is 79.7 cm³/mol. The van der Waals surface area contributed by atoms with Gasteiger partial charge in [0, 0.05) is 17.0 Å². The number of nitrogens with zero attached hydrogens (tertiary/aromatic N) is 1. The summed E-state index contributed by atoms with van der Waals surface area (Å²) in [7, 11) is 0. The van der Waals surface area contributed by atoms with Crippen LogP contribution in [0.5, 0.6) is 0 Å². The van der Waals surface area contributed by atoms with Crippen LogP contribution in [-0.4, -0.2) is 22.4 Å². The first-order valence-corrected chi connectivity index (χ1v) is 7.55. The van der Waals surface area contributed by atoms with E-state index in [2.05, 4.69) is 5.32 Å². The van der Waals surface area contributed by atoms with Gasteiger partial charge in [0.25, 0.3) is 0 Å². The van der Waals surface area contributed by atoms with Gasteiger partial charge in [-0.1, -0.05) is 30.7 Å². The number of carbonyl (C=O) groups is 1. The van der Waals surface area contributed by atoms with E-state index < -0.39 is 5.91 Å². The van der Waals surface area contributed by atoms with Gasteiger partial charge in [-0.3, -0.25) is 9.79 Å². The Morgan fingerprint density at radius 2 is 2.16 bits per heavy atom. The Bertz CT molecular complexity index is 535. The molecule has 1 saturated carbocycles. The van der Waals surface area contributed by atoms with Crippen molar-refractivity contribution in [3.8, 4) is 0 Å². The monoisotopic (exact) mass is 275 g/mol. The van der Waals surface area contributed by atoms with Gasteiger partial charge in [-0.05, 0) is 31.0 Å². The number of amides is 1. The second-order valence-electron chi connectivity index (χ2n) is 5.21. The molecule has 1 amide bonds. The van der Waals surface area contributed by atoms with E-state index in [4.69, 9.17) is 10.7 Å². The molecule has 0 atom stereocenters. The summed E-state index contributed by atoms with van der Waals surface area (Å²) in [6.45, 7) is 0. The average molecular weight is 275 g/mol. The van der Waals surface area contributed by atoms with Crippen LogP contribution < -0.4 is 11.1 Å². The lowest BCUT2D eigenvalue weighted by atomic mass is 10.0. The number of carbonyl (C=O) groups excluding carboxylic acids is 1. The number of thioether (sulfide) groups is 1. The van der Waals surface area contributed by atoms with Gasteiger partial charge in [0.15, 0.2) is 5.17 Å². The molecule has 4 nitrogen and oxygen atoms in total. The van der Waals surface area contributed by atoms with E-state index in [0.29, 0.717) is 5.56 Å². The molecule has 0 saturated heterocycles. The number of benzene rings is 1. The van der Waals surface area contributed by atoms with Crippen LogP contribution in [0, 0.1) is 0 Å². The highest BCUT2D eigenvalue weighted by atomic mass is 32.2. The molecule has 3 N–H and O–H groups in total. The number of amidine groups is 1. The molecule has 0 aromatic heterocycles. The maximum absolute atomic E-state index is 11.2. The molecule has 0 bridgehead atoms. The predicted octanol–water partition coefficient (Wildman–Crippen LogP) is 2.61. The summed E-state index contributed by atoms with van der Waals surface area (Å²) in [5.74, 6) is 0.669. The fourth-order valence-electron chi connectivity index (χ4n) is 2.71. The number of nitrogens with one attached hydrogen (secondary N) is 1. The Kier molecular flexibility index (Phi) is 3.22. The summed E-state index contributed by atoms with van der Waals surface area (Å²) >= 11 is 1.77. The maximum atomic E-state index is 11.2. The zero-order valence-electron chi connectivity index (χ0n) is 10.7. The van der Waals surface area contributed by atoms with Gasteiger partial charge in [-0.2, -0.15) is 0 Å². The van der Waals surface area contributed by atoms with Crippen LogP contribution in [0.1, 0.15) is 36.0 Å². The van der Waals surface area contributed by atoms with Crippen LogP contribution in [0.25, 0.3) is 0 Å². The Labute approximate surface area is 116 Å². The third-order valence-corrected chi connectivity index (χ3v) is 4.90. The van der Waals surface area contributed by atoms with Crippen molar-refractivity contribution in [2.45, 2.75) is 31.2 Å². The van der Waals surface area contributed by atoms with E-state index >= 15 is 0 Å². The first kappa shape index (κ1) is 12.5. The zero-order valence-corrected chi connectivity index (χ0v) is 11.5. The normalized spacial score (nSPS) is 20.5. The standard InChI is InChI=1S/C14H17N3OS/c15-12(18)10-4-3-5-11(8-10)16-13-17-14(9-19-13)6-1-2-7-14/h3-5,8H,1-2,6-7,9H2,(H2,15,18)(H,16,17). The lowest BCUT2D eigenvalue weighted by molar-refractivity contribution is 0.100. The van der Waals surface area contributed by atoms with Crippen molar-refractivity contribution in [3.05, 3.63) is 29.8 Å². The zero-order chi connectivity index (χ0) is 13.3. The molecule has 1 aliphatic carbocycles. The van der Waals surface area contributed by atoms with Crippen LogP contribution in [0.15, 0.2) is 29.3 Å². The minimum absolute atomic E-state index is 0.175. The molecular formula is C14H17N3OS. The minimum Gasteiger partial charge on any atom is -0.366 e. The van der Waals surface area contributed by atoms with E-state index in [9.17, 15) is 4.79 Å². The van der Waals surface area contributed by atoms with Gasteiger partial charge in [0.2, 0.25) is 5.91 Å². The van der Waals surface area contributed by atoms with Gasteiger partial charge in [0.05, 0.1) is 5.54 Å². The Hall–Kier alpha value is -1.49. The first-order chi connectivity index (χ1) is 9.17. The molecule has 1 aliphatic heterocycles. The molecule has 5 heteroatoms. The summed E-state index contributed by atoms with van der Waals surface area (Å²) in [5.41, 5.74) is 6.85. The molecule has 1 heterocycles. The number of hydrogen-bond donors (Lipinski definition) is 2. The Balaban J connectivity index is 1.75. The second kappa shape index (κ2) is 4.89. The summed E-state index contributed by atoms with van der Waals surface area (Å²) in [4.78, 5) is 16.0. The topological polar surface area (TPSA) is 67.5 Å². The second-order valence-corrected chi connectivity index (χ2v) is 6.17. The van der Waals surface area contributed by atoms with E-state index in [0.717, 1.165) is 16.6 Å². The van der Waals surface area contributed by atoms with Crippen LogP contribution in [-0.2, 0) is 0 Å². The van der Waals surface area contributed by atoms with Gasteiger partial charge >= 0.3 is 0 Å². The average Bonchev–Trinajstić information content (AvgIpc) is 3.01. The first-order valence-electron chi connectivity index (χ1n) is 6.56. The third kappa shape index (κ3) is 2.61. The smallest absolute Gasteiger partial charge is 0.248 e. The van der Waals surface area contributed by atoms with Crippen LogP contribution in [0.4, 0.5) is 5.69 Å². The molecule has 1 spiro atoms. The number of nitrogens with two attached hydrogens (primary N) is 1. The van der Waals surface area contributed by atoms with Crippen LogP contribution in [0.2, 0.25) is 0 Å². The SMILES string of the molecule is NC(=O)c1cccc(NC2=NC3(CCCC3)CS2)c1. The molecular weight excluding hydrogens is 258 g/mol. The molecule has 100 valence electrons. The van der Waals surface area contributed by atoms with Crippen molar-refractivity contribution in [3.63, 3.8) is 0 Å². The van der Waals surface area contributed by atoms with Gasteiger partial charge in [-0.15, -0.1) is 0 Å². The summed E-state index contributed by atoms with van der Waals surface area (Å²) in [6.07, 6.45) is 4.97. The van der Waals surface area contributed by atoms with E-state index in [-0.39, 0.29) is 5.54 Å². The number of anilines is 1. The molecule has 2 aliphatic rings. The number of aliphatic imine (C=N–C) groups is 1. The number of primary amides is 1. The van der Waals surface area contributed by atoms with Crippen molar-refractivity contribution >= 4 is 28.5 Å². The Morgan fingerprint density at radius 3 is 2.89 bits per heavy atom. The van der Waals surface area contributed by atoms with Gasteiger partial charge in [-0.25, -0.2) is 0 Å². The largest absolute Gasteiger partial charge is 0.366 e. The van der Waals surface area contributed by atoms with Crippen molar-refractivity contribution in [2.75, 3.05) is 11.1 Å². The lowest BCUT2D eigenvalue weighted by Gasteiger charge is -2.16. The molecule has 1 fully saturated rings. The van der Waals surface area contributed by atoms with Crippen molar-refractivity contribution in [1.82, 2.24) is 0 Å². The highest BCUT2D eigenvalue weighted by Gasteiger charge is 2.38. The van der Waals surface area contributed by atoms with Crippen molar-refractivity contribution < 1.29 is 4.79 Å². The van der Waals surface area contributed by atoms with Crippen molar-refractivity contribution in [1.29, 1.82) is 0 Å². The highest BCUT2D eigenvalue weighted by Crippen LogP contribution is 2.41. The molecule has 0 radical (unpaired) electrons. The Morgan fingerprint density at radius 1 is 1.37 bits per heavy atom. The van der Waals surface area contributed by atoms with E-state index in [1.807, 2.05) is 12.1 Å². The molecule has 0 unspecified atom stereocenters. The van der Waals surface area contributed by atoms with E-state index in [1.54, 1.807) is 23.9 Å². The molecule has 1 aromatic rings. The number of rotatable bonds is 2. The summed E-state index contributed by atoms with van der Waals surface area (Å²) in [6, 6.07) is 7.24. The quantitative estimate of drug-likeness (QED) is 0.871. The fourth-order valence-corrected chi connectivity index (χ4v) is 3.92. The lowest BCUT2D eigenvalue weighted by Crippen LogP contribution is -2.21. The third-order valence-electron chi connectivity index (χ3n) is 3.75. The van der Waals surface area contributed by atoms with Crippen LogP contribution >= 0.6 is 11.8 Å². The molecule has 19 heavy (non-hydrogen) atoms. The minimum atomic E-state index is -0.406. The molecule has 1 aromatic carbocycles.